The second-order valence-corrected chi connectivity index (χ2v) is 14.8. The van der Waals surface area contributed by atoms with Gasteiger partial charge in [0.05, 0.1) is 5.92 Å². The fraction of sp³-hybridized carbons (Fsp3) is 0.714. The van der Waals surface area contributed by atoms with Crippen LogP contribution in [0.15, 0.2) is 34.3 Å². The van der Waals surface area contributed by atoms with Gasteiger partial charge in [-0.15, -0.1) is 0 Å². The number of guanidine groups is 1. The number of amides is 2. The summed E-state index contributed by atoms with van der Waals surface area (Å²) in [7, 11) is 6.10. The van der Waals surface area contributed by atoms with E-state index in [1.54, 1.807) is 24.3 Å². The van der Waals surface area contributed by atoms with Crippen LogP contribution >= 0.6 is 0 Å². The van der Waals surface area contributed by atoms with Gasteiger partial charge >= 0.3 is 0 Å². The molecule has 0 spiro atoms. The molecule has 6 rings (SSSR count). The SMILES string of the molecule is CN1CCC(N(C)C(=O)c2ccc(NC3=NC4(NC5CCC[C@@H]5C(=O)NCCCN5CCN(C)CC5)CC4(C(C)(F)F)C=N3)cc2)CC1. The number of benzene rings is 1. The van der Waals surface area contributed by atoms with Gasteiger partial charge in [-0.1, -0.05) is 6.42 Å². The molecular weight excluding hydrogens is 616 g/mol. The molecule has 2 aliphatic carbocycles. The van der Waals surface area contributed by atoms with Gasteiger partial charge in [0, 0.05) is 82.7 Å². The number of fused-ring (bicyclic) bond motifs is 1. The smallest absolute Gasteiger partial charge is 0.259 e. The molecule has 0 radical (unpaired) electrons. The summed E-state index contributed by atoms with van der Waals surface area (Å²) in [4.78, 5) is 44.4. The van der Waals surface area contributed by atoms with Crippen LogP contribution in [0, 0.1) is 11.3 Å². The molecule has 2 saturated heterocycles. The maximum atomic E-state index is 15.1. The number of aliphatic imine (C=N–C) groups is 2. The van der Waals surface area contributed by atoms with Crippen molar-refractivity contribution in [3.05, 3.63) is 29.8 Å². The topological polar surface area (TPSA) is 108 Å². The molecular formula is C35H53F2N9O2. The lowest BCUT2D eigenvalue weighted by molar-refractivity contribution is -0.125. The number of halogens is 2. The highest BCUT2D eigenvalue weighted by molar-refractivity contribution is 6.03. The van der Waals surface area contributed by atoms with E-state index in [4.69, 9.17) is 4.99 Å². The molecule has 2 amide bonds. The number of hydrogen-bond donors (Lipinski definition) is 3. The van der Waals surface area contributed by atoms with Crippen LogP contribution in [0.25, 0.3) is 0 Å². The third-order valence-electron chi connectivity index (χ3n) is 11.4. The van der Waals surface area contributed by atoms with Crippen LogP contribution in [0.4, 0.5) is 14.5 Å². The van der Waals surface area contributed by atoms with E-state index in [0.717, 1.165) is 84.8 Å². The van der Waals surface area contributed by atoms with E-state index in [1.807, 2.05) is 11.9 Å². The Labute approximate surface area is 283 Å². The predicted octanol–water partition coefficient (Wildman–Crippen LogP) is 2.96. The van der Waals surface area contributed by atoms with E-state index in [2.05, 4.69) is 49.7 Å². The Kier molecular flexibility index (Phi) is 10.2. The van der Waals surface area contributed by atoms with Crippen molar-refractivity contribution in [2.45, 2.75) is 75.5 Å². The highest BCUT2D eigenvalue weighted by Gasteiger charge is 2.79. The van der Waals surface area contributed by atoms with Gasteiger partial charge in [-0.05, 0) is 90.1 Å². The Morgan fingerprint density at radius 3 is 2.38 bits per heavy atom. The van der Waals surface area contributed by atoms with E-state index in [9.17, 15) is 9.59 Å². The zero-order valence-corrected chi connectivity index (χ0v) is 29.0. The first kappa shape index (κ1) is 34.8. The van der Waals surface area contributed by atoms with Crippen molar-refractivity contribution < 1.29 is 18.4 Å². The van der Waals surface area contributed by atoms with E-state index >= 15 is 8.78 Å². The fourth-order valence-electron chi connectivity index (χ4n) is 7.98. The molecule has 0 bridgehead atoms. The maximum Gasteiger partial charge on any atom is 0.259 e. The van der Waals surface area contributed by atoms with Crippen molar-refractivity contribution in [1.82, 2.24) is 30.2 Å². The summed E-state index contributed by atoms with van der Waals surface area (Å²) in [5, 5.41) is 9.74. The highest BCUT2D eigenvalue weighted by Crippen LogP contribution is 2.65. The second-order valence-electron chi connectivity index (χ2n) is 14.8. The molecule has 3 heterocycles. The number of piperidine rings is 1. The number of piperazine rings is 1. The molecule has 1 aromatic rings. The first-order valence-electron chi connectivity index (χ1n) is 17.7. The molecule has 5 aliphatic rings. The molecule has 3 aliphatic heterocycles. The highest BCUT2D eigenvalue weighted by atomic mass is 19.3. The number of anilines is 1. The van der Waals surface area contributed by atoms with Gasteiger partial charge in [-0.25, -0.2) is 18.8 Å². The monoisotopic (exact) mass is 669 g/mol. The summed E-state index contributed by atoms with van der Waals surface area (Å²) in [6, 6.07) is 7.08. The molecule has 13 heteroatoms. The summed E-state index contributed by atoms with van der Waals surface area (Å²) >= 11 is 0. The van der Waals surface area contributed by atoms with Crippen LogP contribution in [0.2, 0.25) is 0 Å². The largest absolute Gasteiger partial charge is 0.356 e. The Hall–Kier alpha value is -3.00. The van der Waals surface area contributed by atoms with Gasteiger partial charge in [-0.2, -0.15) is 0 Å². The molecule has 4 fully saturated rings. The van der Waals surface area contributed by atoms with Gasteiger partial charge in [-0.3, -0.25) is 14.9 Å². The summed E-state index contributed by atoms with van der Waals surface area (Å²) in [6.07, 6.45) is 6.52. The summed E-state index contributed by atoms with van der Waals surface area (Å²) < 4.78 is 30.3. The average Bonchev–Trinajstić information content (AvgIpc) is 3.53. The Morgan fingerprint density at radius 1 is 1.00 bits per heavy atom. The number of rotatable bonds is 11. The standard InChI is InChI=1S/C35H53F2N9O2/c1-33(36,37)34-23-35(34,41-29-8-5-7-28(29)30(47)38-15-6-16-46-21-19-44(3)20-22-46)42-32(39-24-34)40-26-11-9-25(10-12-26)31(48)45(4)27-13-17-43(2)18-14-27/h9-12,24,27-29,41H,5-8,13-23H2,1-4H3,(H,38,47)(H,40,42)/t28-,29?,34?,35?/m0/s1. The molecule has 0 aromatic heterocycles. The Bertz CT molecular complexity index is 1370. The first-order valence-corrected chi connectivity index (χ1v) is 17.7. The van der Waals surface area contributed by atoms with Gasteiger partial charge in [0.1, 0.15) is 11.1 Å². The number of likely N-dealkylation sites (N-methyl/N-ethyl adjacent to an activating group) is 1. The molecule has 264 valence electrons. The van der Waals surface area contributed by atoms with Crippen LogP contribution in [-0.2, 0) is 4.79 Å². The number of nitrogens with one attached hydrogen (secondary N) is 3. The predicted molar refractivity (Wildman–Crippen MR) is 185 cm³/mol. The van der Waals surface area contributed by atoms with Crippen LogP contribution < -0.4 is 16.0 Å². The minimum atomic E-state index is -3.06. The van der Waals surface area contributed by atoms with E-state index in [0.29, 0.717) is 24.2 Å². The van der Waals surface area contributed by atoms with Gasteiger partial charge in [0.25, 0.3) is 11.8 Å². The van der Waals surface area contributed by atoms with Crippen molar-refractivity contribution in [3.8, 4) is 0 Å². The lowest BCUT2D eigenvalue weighted by atomic mass is 9.95. The minimum Gasteiger partial charge on any atom is -0.356 e. The summed E-state index contributed by atoms with van der Waals surface area (Å²) in [5.74, 6) is -3.16. The van der Waals surface area contributed by atoms with Crippen LogP contribution in [0.5, 0.6) is 0 Å². The van der Waals surface area contributed by atoms with Crippen LogP contribution in [0.1, 0.15) is 62.2 Å². The quantitative estimate of drug-likeness (QED) is 0.311. The second kappa shape index (κ2) is 14.1. The number of nitrogens with zero attached hydrogens (tertiary/aromatic N) is 6. The van der Waals surface area contributed by atoms with Crippen LogP contribution in [0.3, 0.4) is 0 Å². The normalized spacial score (nSPS) is 30.1. The third kappa shape index (κ3) is 7.29. The molecule has 11 nitrogen and oxygen atoms in total. The van der Waals surface area contributed by atoms with Crippen LogP contribution in [-0.4, -0.2) is 141 Å². The van der Waals surface area contributed by atoms with Crippen molar-refractivity contribution in [3.63, 3.8) is 0 Å². The fourth-order valence-corrected chi connectivity index (χ4v) is 7.98. The summed E-state index contributed by atoms with van der Waals surface area (Å²) in [5.41, 5.74) is -1.56. The Morgan fingerprint density at radius 2 is 1.69 bits per heavy atom. The number of likely N-dealkylation sites (tertiary alicyclic amines) is 1. The molecule has 1 aromatic carbocycles. The average molecular weight is 670 g/mol. The van der Waals surface area contributed by atoms with E-state index in [1.165, 1.54) is 6.21 Å². The number of hydrogen-bond acceptors (Lipinski definition) is 9. The van der Waals surface area contributed by atoms with Gasteiger partial charge < -0.3 is 30.2 Å². The summed E-state index contributed by atoms with van der Waals surface area (Å²) in [6.45, 7) is 8.66. The lowest BCUT2D eigenvalue weighted by Crippen LogP contribution is -2.53. The zero-order valence-electron chi connectivity index (χ0n) is 29.0. The zero-order chi connectivity index (χ0) is 34.1. The van der Waals surface area contributed by atoms with E-state index < -0.39 is 17.0 Å². The first-order chi connectivity index (χ1) is 22.9. The molecule has 3 N–H and O–H groups in total. The lowest BCUT2D eigenvalue weighted by Gasteiger charge is -2.35. The van der Waals surface area contributed by atoms with Crippen molar-refractivity contribution in [2.24, 2.45) is 21.3 Å². The third-order valence-corrected chi connectivity index (χ3v) is 11.4. The molecule has 48 heavy (non-hydrogen) atoms. The number of carbonyl (C=O) groups is 2. The molecule has 2 saturated carbocycles. The Balaban J connectivity index is 1.07. The minimum absolute atomic E-state index is 0.0165. The van der Waals surface area contributed by atoms with Crippen molar-refractivity contribution in [1.29, 1.82) is 0 Å². The number of carbonyl (C=O) groups excluding carboxylic acids is 2. The number of alkyl halides is 2. The molecule has 3 unspecified atom stereocenters. The van der Waals surface area contributed by atoms with E-state index in [-0.39, 0.29) is 42.2 Å². The van der Waals surface area contributed by atoms with Gasteiger partial charge in [0.15, 0.2) is 0 Å². The maximum absolute atomic E-state index is 15.1. The van der Waals surface area contributed by atoms with Crippen molar-refractivity contribution in [2.75, 3.05) is 78.8 Å². The van der Waals surface area contributed by atoms with Gasteiger partial charge in [0.2, 0.25) is 11.9 Å². The molecule has 4 atom stereocenters. The van der Waals surface area contributed by atoms with Crippen molar-refractivity contribution >= 4 is 29.7 Å².